The van der Waals surface area contributed by atoms with E-state index >= 15 is 0 Å². The van der Waals surface area contributed by atoms with Crippen molar-refractivity contribution in [2.45, 2.75) is 112 Å². The number of hydrogen-bond donors (Lipinski definition) is 8. The van der Waals surface area contributed by atoms with Gasteiger partial charge in [0, 0.05) is 17.7 Å². The zero-order valence-corrected chi connectivity index (χ0v) is 44.3. The van der Waals surface area contributed by atoms with E-state index in [2.05, 4.69) is 64.0 Å². The number of carbonyl (C=O) groups is 4. The van der Waals surface area contributed by atoms with Gasteiger partial charge in [0.05, 0.1) is 19.7 Å². The molecule has 14 nitrogen and oxygen atoms in total. The van der Waals surface area contributed by atoms with Crippen molar-refractivity contribution in [2.24, 2.45) is 23.3 Å². The summed E-state index contributed by atoms with van der Waals surface area (Å²) >= 11 is 0. The van der Waals surface area contributed by atoms with Gasteiger partial charge in [-0.05, 0) is 96.0 Å². The molecule has 0 aliphatic carbocycles. The molecule has 5 aromatic rings. The number of hydrogen-bond acceptors (Lipinski definition) is 6. The molecule has 0 unspecified atom stereocenters. The predicted octanol–water partition coefficient (Wildman–Crippen LogP) is -0.667. The molecule has 0 saturated heterocycles. The zero-order valence-electron chi connectivity index (χ0n) is 40.8. The summed E-state index contributed by atoms with van der Waals surface area (Å²) in [7, 11) is 0. The Labute approximate surface area is 454 Å². The number of quaternary nitrogens is 1. The Kier molecular flexibility index (Phi) is 34.0. The number of amides is 4. The molecule has 0 heterocycles. The number of fused-ring (bicyclic) bond motifs is 2. The first-order valence-corrected chi connectivity index (χ1v) is 23.3. The maximum absolute atomic E-state index is 14.2. The third kappa shape index (κ3) is 21.4. The first-order chi connectivity index (χ1) is 31.8. The van der Waals surface area contributed by atoms with Gasteiger partial charge in [0.2, 0.25) is 17.7 Å². The van der Waals surface area contributed by atoms with E-state index in [4.69, 9.17) is 20.9 Å². The van der Waals surface area contributed by atoms with Crippen LogP contribution in [0.3, 0.4) is 0 Å². The maximum atomic E-state index is 14.2. The second kappa shape index (κ2) is 35.7. The number of benzene rings is 5. The van der Waals surface area contributed by atoms with E-state index in [0.717, 1.165) is 51.1 Å². The van der Waals surface area contributed by atoms with Crippen molar-refractivity contribution in [3.8, 4) is 22.6 Å². The topological polar surface area (TPSA) is 229 Å². The molecule has 4 amide bonds. The first kappa shape index (κ1) is 68.7. The second-order valence-corrected chi connectivity index (χ2v) is 17.6. The van der Waals surface area contributed by atoms with Gasteiger partial charge in [-0.3, -0.25) is 35.6 Å². The van der Waals surface area contributed by atoms with Crippen LogP contribution >= 0.6 is 27.0 Å². The maximum Gasteiger partial charge on any atom is 0.338 e. The van der Waals surface area contributed by atoms with E-state index in [1.165, 1.54) is 0 Å². The van der Waals surface area contributed by atoms with Crippen molar-refractivity contribution in [3.63, 3.8) is 0 Å². The van der Waals surface area contributed by atoms with Crippen LogP contribution in [0.5, 0.6) is 11.5 Å². The number of nitrogens with one attached hydrogen (secondary N) is 5. The molecule has 18 heteroatoms. The Balaban J connectivity index is 0. The summed E-state index contributed by atoms with van der Waals surface area (Å²) in [6, 6.07) is 30.6. The van der Waals surface area contributed by atoms with E-state index in [-0.39, 0.29) is 97.5 Å². The van der Waals surface area contributed by atoms with Crippen LogP contribution in [0.2, 0.25) is 0 Å². The Bertz CT molecular complexity index is 2430. The van der Waals surface area contributed by atoms with Gasteiger partial charge >= 0.3 is 5.96 Å². The third-order valence-corrected chi connectivity index (χ3v) is 11.3. The van der Waals surface area contributed by atoms with Gasteiger partial charge in [-0.25, -0.2) is 0 Å². The number of halogens is 2. The van der Waals surface area contributed by atoms with Gasteiger partial charge in [0.1, 0.15) is 29.6 Å². The Morgan fingerprint density at radius 3 is 1.65 bits per heavy atom. The van der Waals surface area contributed by atoms with Crippen LogP contribution in [0.15, 0.2) is 103 Å². The minimum absolute atomic E-state index is 0. The largest absolute Gasteiger partial charge is 1.00 e. The average Bonchev–Trinajstić information content (AvgIpc) is 3.30. The predicted molar refractivity (Wildman–Crippen MR) is 295 cm³/mol. The van der Waals surface area contributed by atoms with Crippen molar-refractivity contribution in [3.05, 3.63) is 109 Å². The minimum atomic E-state index is -1.05. The molecular formula is C54H82Cl2N8O6S2. The van der Waals surface area contributed by atoms with Gasteiger partial charge in [-0.1, -0.05) is 134 Å². The van der Waals surface area contributed by atoms with E-state index in [1.54, 1.807) is 0 Å². The molecular weight excluding hydrogens is 992 g/mol. The second-order valence-electron chi connectivity index (χ2n) is 17.6. The third-order valence-electron chi connectivity index (χ3n) is 11.3. The molecule has 0 aromatic heterocycles. The van der Waals surface area contributed by atoms with E-state index in [0.29, 0.717) is 69.3 Å². The van der Waals surface area contributed by atoms with Gasteiger partial charge in [-0.15, -0.1) is 0 Å². The summed E-state index contributed by atoms with van der Waals surface area (Å²) in [4.78, 5) is 58.6. The molecule has 0 aliphatic rings. The Morgan fingerprint density at radius 2 is 1.11 bits per heavy atom. The first-order valence-electron chi connectivity index (χ1n) is 23.3. The summed E-state index contributed by atoms with van der Waals surface area (Å²) < 4.78 is 12.9. The fourth-order valence-corrected chi connectivity index (χ4v) is 7.80. The fraction of sp³-hybridized carbons (Fsp3) is 0.426. The van der Waals surface area contributed by atoms with Gasteiger partial charge in [0.15, 0.2) is 6.61 Å². The van der Waals surface area contributed by atoms with Crippen LogP contribution in [0.4, 0.5) is 0 Å². The number of rotatable bonds is 26. The molecule has 12 N–H and O–H groups in total. The standard InChI is InChI=1S/C52H68N8O6.2CH4.2ClH.2H2S/c1-34(2)27-30-65-44-25-23-37-17-8-10-19-39(37)47(44)48-40-20-11-9-18-38(40)24-26-45(48)66-33-46(61)58-41(21-12-13-28-53)50(63)59-42(22-14-29-56-52(54)55)51(64)60-43(31-35(3)4)49(62)57-32-36-15-6-5-7-16-36;;;;;;/h5-11,15-20,23-26,34-35,41-43H,12-14,21-22,27-33,53H2,1-4H3,(H,57,62)(H,58,61)(H,59,63)(H,60,64)(H4,54,55,56);2*1H4;2*1H;2*1H2/t41-,42-,43+;;;;;;/m1....../s1. The van der Waals surface area contributed by atoms with Gasteiger partial charge in [0.25, 0.3) is 5.91 Å². The lowest BCUT2D eigenvalue weighted by Crippen LogP contribution is -3.00. The van der Waals surface area contributed by atoms with Crippen molar-refractivity contribution < 1.29 is 64.2 Å². The van der Waals surface area contributed by atoms with Crippen LogP contribution in [0.1, 0.15) is 93.1 Å². The highest BCUT2D eigenvalue weighted by Crippen LogP contribution is 2.45. The molecule has 0 saturated carbocycles. The van der Waals surface area contributed by atoms with E-state index in [9.17, 15) is 19.2 Å². The molecule has 72 heavy (non-hydrogen) atoms. The highest BCUT2D eigenvalue weighted by Gasteiger charge is 2.30. The summed E-state index contributed by atoms with van der Waals surface area (Å²) in [5.41, 5.74) is 17.8. The average molecular weight is 1070 g/mol. The zero-order chi connectivity index (χ0) is 47.4. The number of guanidine groups is 1. The molecule has 0 aliphatic heterocycles. The lowest BCUT2D eigenvalue weighted by atomic mass is 9.92. The minimum Gasteiger partial charge on any atom is -1.00 e. The number of unbranched alkanes of at least 4 members (excludes halogenated alkanes) is 1. The molecule has 0 radical (unpaired) electrons. The van der Waals surface area contributed by atoms with Crippen molar-refractivity contribution in [1.29, 1.82) is 0 Å². The summed E-state index contributed by atoms with van der Waals surface area (Å²) in [5, 5.41) is 15.6. The van der Waals surface area contributed by atoms with Crippen molar-refractivity contribution in [1.82, 2.24) is 21.3 Å². The summed E-state index contributed by atoms with van der Waals surface area (Å²) in [5.74, 6) is -0.140. The molecule has 5 rings (SSSR count). The quantitative estimate of drug-likeness (QED) is 0.0201. The van der Waals surface area contributed by atoms with Crippen molar-refractivity contribution >= 4 is 78.1 Å². The molecule has 3 atom stereocenters. The Morgan fingerprint density at radius 1 is 0.597 bits per heavy atom. The molecule has 0 spiro atoms. The molecule has 0 fully saturated rings. The van der Waals surface area contributed by atoms with Crippen LogP contribution in [0.25, 0.3) is 32.7 Å². The number of carbonyl (C=O) groups excluding carboxylic acids is 4. The SMILES string of the molecule is C.C.CC(C)CCOc1ccc2ccccc2c1-c1c(OCC(=O)N[C@H](CCCC[NH3+])C(=O)N[C@H](CCC[NH+]=C(N)N)C(=O)N[C@@H](CC(C)C)C(=O)NCc2ccccc2)ccc2ccccc12.S.S.[Cl-].[Cl-]. The van der Waals surface area contributed by atoms with E-state index in [1.807, 2.05) is 98.8 Å². The smallest absolute Gasteiger partial charge is 0.338 e. The molecule has 0 bridgehead atoms. The Hall–Kier alpha value is -5.39. The summed E-state index contributed by atoms with van der Waals surface area (Å²) in [6.07, 6.45) is 3.49. The monoisotopic (exact) mass is 1070 g/mol. The highest BCUT2D eigenvalue weighted by molar-refractivity contribution is 7.59. The molecule has 400 valence electrons. The van der Waals surface area contributed by atoms with E-state index < -0.39 is 35.8 Å². The van der Waals surface area contributed by atoms with Crippen LogP contribution < -0.4 is 77.7 Å². The van der Waals surface area contributed by atoms with Crippen molar-refractivity contribution in [2.75, 3.05) is 26.3 Å². The van der Waals surface area contributed by atoms with Gasteiger partial charge in [-0.2, -0.15) is 27.0 Å². The normalized spacial score (nSPS) is 11.5. The lowest BCUT2D eigenvalue weighted by Gasteiger charge is -2.26. The number of ether oxygens (including phenoxy) is 2. The fourth-order valence-electron chi connectivity index (χ4n) is 7.80. The number of nitrogens with two attached hydrogens (primary N) is 2. The van der Waals surface area contributed by atoms with Crippen LogP contribution in [-0.2, 0) is 25.7 Å². The highest BCUT2D eigenvalue weighted by atomic mass is 35.5. The van der Waals surface area contributed by atoms with Crippen LogP contribution in [-0.4, -0.2) is 74.0 Å². The van der Waals surface area contributed by atoms with Gasteiger partial charge < -0.3 is 61.3 Å². The van der Waals surface area contributed by atoms with Crippen LogP contribution in [0, 0.1) is 11.8 Å². The summed E-state index contributed by atoms with van der Waals surface area (Å²) in [6.45, 7) is 9.70. The molecule has 5 aromatic carbocycles. The lowest BCUT2D eigenvalue weighted by molar-refractivity contribution is -0.459.